The molecule has 2 fully saturated rings. The number of carboxylic acids is 1. The van der Waals surface area contributed by atoms with Crippen LogP contribution in [0.25, 0.3) is 0 Å². The van der Waals surface area contributed by atoms with Crippen LogP contribution in [0.5, 0.6) is 0 Å². The van der Waals surface area contributed by atoms with E-state index in [9.17, 15) is 9.90 Å². The molecule has 98 valence electrons. The van der Waals surface area contributed by atoms with Crippen molar-refractivity contribution in [3.63, 3.8) is 0 Å². The highest BCUT2D eigenvalue weighted by Crippen LogP contribution is 2.38. The van der Waals surface area contributed by atoms with Crippen molar-refractivity contribution in [1.82, 2.24) is 4.90 Å². The highest BCUT2D eigenvalue weighted by Gasteiger charge is 2.41. The molecule has 1 heterocycles. The molecule has 2 aliphatic rings. The fraction of sp³-hybridized carbons (Fsp3) is 0.929. The lowest BCUT2D eigenvalue weighted by Gasteiger charge is -2.42. The molecule has 1 unspecified atom stereocenters. The van der Waals surface area contributed by atoms with Crippen molar-refractivity contribution >= 4 is 5.97 Å². The van der Waals surface area contributed by atoms with Crippen LogP contribution in [0, 0.1) is 5.41 Å². The molecule has 1 aliphatic heterocycles. The third-order valence-corrected chi connectivity index (χ3v) is 4.71. The largest absolute Gasteiger partial charge is 0.481 e. The molecule has 17 heavy (non-hydrogen) atoms. The van der Waals surface area contributed by atoms with E-state index in [-0.39, 0.29) is 0 Å². The first kappa shape index (κ1) is 12.9. The summed E-state index contributed by atoms with van der Waals surface area (Å²) in [7, 11) is 0. The molecule has 3 heteroatoms. The molecule has 0 bridgehead atoms. The molecule has 0 spiro atoms. The SMILES string of the molecule is CC1CCCCN1CC1(C(=O)O)CCCCC1. The van der Waals surface area contributed by atoms with Crippen LogP contribution >= 0.6 is 0 Å². The zero-order valence-electron chi connectivity index (χ0n) is 11.0. The topological polar surface area (TPSA) is 40.5 Å². The van der Waals surface area contributed by atoms with Gasteiger partial charge in [0, 0.05) is 12.6 Å². The van der Waals surface area contributed by atoms with Crippen molar-refractivity contribution in [3.05, 3.63) is 0 Å². The van der Waals surface area contributed by atoms with Crippen LogP contribution in [0.15, 0.2) is 0 Å². The zero-order chi connectivity index (χ0) is 12.3. The average molecular weight is 239 g/mol. The summed E-state index contributed by atoms with van der Waals surface area (Å²) in [6.45, 7) is 4.12. The molecule has 1 saturated carbocycles. The van der Waals surface area contributed by atoms with E-state index < -0.39 is 11.4 Å². The Morgan fingerprint density at radius 3 is 2.53 bits per heavy atom. The summed E-state index contributed by atoms with van der Waals surface area (Å²) >= 11 is 0. The lowest BCUT2D eigenvalue weighted by molar-refractivity contribution is -0.153. The van der Waals surface area contributed by atoms with Gasteiger partial charge in [-0.05, 0) is 39.2 Å². The van der Waals surface area contributed by atoms with Gasteiger partial charge in [-0.25, -0.2) is 0 Å². The Morgan fingerprint density at radius 1 is 1.24 bits per heavy atom. The average Bonchev–Trinajstić information content (AvgIpc) is 2.33. The summed E-state index contributed by atoms with van der Waals surface area (Å²) in [5, 5.41) is 9.58. The molecule has 0 amide bonds. The van der Waals surface area contributed by atoms with Gasteiger partial charge in [-0.1, -0.05) is 25.7 Å². The van der Waals surface area contributed by atoms with Gasteiger partial charge in [0.25, 0.3) is 0 Å². The predicted octanol–water partition coefficient (Wildman–Crippen LogP) is 2.90. The molecule has 1 atom stereocenters. The molecular formula is C14H25NO2. The minimum Gasteiger partial charge on any atom is -0.481 e. The number of carbonyl (C=O) groups is 1. The van der Waals surface area contributed by atoms with E-state index in [2.05, 4.69) is 11.8 Å². The van der Waals surface area contributed by atoms with Crippen LogP contribution < -0.4 is 0 Å². The minimum absolute atomic E-state index is 0.441. The lowest BCUT2D eigenvalue weighted by Crippen LogP contribution is -2.49. The predicted molar refractivity (Wildman–Crippen MR) is 68.0 cm³/mol. The zero-order valence-corrected chi connectivity index (χ0v) is 11.0. The number of hydrogen-bond acceptors (Lipinski definition) is 2. The maximum atomic E-state index is 11.6. The van der Waals surface area contributed by atoms with Crippen molar-refractivity contribution in [2.45, 2.75) is 64.3 Å². The van der Waals surface area contributed by atoms with Crippen LogP contribution in [0.3, 0.4) is 0 Å². The van der Waals surface area contributed by atoms with Crippen LogP contribution in [-0.2, 0) is 4.79 Å². The molecule has 0 aromatic rings. The molecule has 3 nitrogen and oxygen atoms in total. The van der Waals surface area contributed by atoms with Gasteiger partial charge in [0.15, 0.2) is 0 Å². The van der Waals surface area contributed by atoms with E-state index in [0.717, 1.165) is 38.8 Å². The summed E-state index contributed by atoms with van der Waals surface area (Å²) in [5.74, 6) is -0.560. The van der Waals surface area contributed by atoms with Crippen LogP contribution in [0.4, 0.5) is 0 Å². The lowest BCUT2D eigenvalue weighted by atomic mass is 9.73. The van der Waals surface area contributed by atoms with Crippen LogP contribution in [0.1, 0.15) is 58.3 Å². The van der Waals surface area contributed by atoms with Gasteiger partial charge >= 0.3 is 5.97 Å². The normalized spacial score (nSPS) is 30.1. The Hall–Kier alpha value is -0.570. The molecular weight excluding hydrogens is 214 g/mol. The summed E-state index contributed by atoms with van der Waals surface area (Å²) in [6.07, 6.45) is 8.93. The fourth-order valence-electron chi connectivity index (χ4n) is 3.45. The van der Waals surface area contributed by atoms with Crippen LogP contribution in [0.2, 0.25) is 0 Å². The highest BCUT2D eigenvalue weighted by molar-refractivity contribution is 5.75. The van der Waals surface area contributed by atoms with E-state index in [1.54, 1.807) is 0 Å². The molecule has 1 saturated heterocycles. The van der Waals surface area contributed by atoms with Crippen molar-refractivity contribution in [3.8, 4) is 0 Å². The van der Waals surface area contributed by atoms with Gasteiger partial charge in [0.05, 0.1) is 5.41 Å². The van der Waals surface area contributed by atoms with E-state index in [1.807, 2.05) is 0 Å². The van der Waals surface area contributed by atoms with E-state index in [0.29, 0.717) is 6.04 Å². The highest BCUT2D eigenvalue weighted by atomic mass is 16.4. The van der Waals surface area contributed by atoms with Crippen molar-refractivity contribution in [2.24, 2.45) is 5.41 Å². The number of rotatable bonds is 3. The third kappa shape index (κ3) is 2.82. The van der Waals surface area contributed by atoms with Gasteiger partial charge < -0.3 is 5.11 Å². The minimum atomic E-state index is -0.560. The second-order valence-corrected chi connectivity index (χ2v) is 5.96. The first-order valence-corrected chi connectivity index (χ1v) is 7.11. The number of nitrogens with zero attached hydrogens (tertiary/aromatic N) is 1. The second kappa shape index (κ2) is 5.38. The van der Waals surface area contributed by atoms with Gasteiger partial charge in [-0.2, -0.15) is 0 Å². The Kier molecular flexibility index (Phi) is 4.08. The quantitative estimate of drug-likeness (QED) is 0.823. The molecule has 2 rings (SSSR count). The van der Waals surface area contributed by atoms with E-state index in [1.165, 1.54) is 25.7 Å². The van der Waals surface area contributed by atoms with Gasteiger partial charge in [-0.15, -0.1) is 0 Å². The Labute approximate surface area is 104 Å². The summed E-state index contributed by atoms with van der Waals surface area (Å²) in [5.41, 5.74) is -0.441. The summed E-state index contributed by atoms with van der Waals surface area (Å²) in [4.78, 5) is 14.0. The van der Waals surface area contributed by atoms with Crippen molar-refractivity contribution in [1.29, 1.82) is 0 Å². The van der Waals surface area contributed by atoms with Crippen molar-refractivity contribution in [2.75, 3.05) is 13.1 Å². The van der Waals surface area contributed by atoms with Crippen molar-refractivity contribution < 1.29 is 9.90 Å². The smallest absolute Gasteiger partial charge is 0.310 e. The second-order valence-electron chi connectivity index (χ2n) is 5.96. The number of hydrogen-bond donors (Lipinski definition) is 1. The summed E-state index contributed by atoms with van der Waals surface area (Å²) < 4.78 is 0. The monoisotopic (exact) mass is 239 g/mol. The Bertz CT molecular complexity index is 271. The number of piperidine rings is 1. The van der Waals surface area contributed by atoms with Crippen LogP contribution in [-0.4, -0.2) is 35.1 Å². The fourth-order valence-corrected chi connectivity index (χ4v) is 3.45. The number of aliphatic carboxylic acids is 1. The van der Waals surface area contributed by atoms with E-state index >= 15 is 0 Å². The number of carboxylic acid groups (broad SMARTS) is 1. The Balaban J connectivity index is 2.03. The van der Waals surface area contributed by atoms with E-state index in [4.69, 9.17) is 0 Å². The van der Waals surface area contributed by atoms with Gasteiger partial charge in [-0.3, -0.25) is 9.69 Å². The maximum Gasteiger partial charge on any atom is 0.310 e. The third-order valence-electron chi connectivity index (χ3n) is 4.71. The first-order chi connectivity index (χ1) is 8.14. The molecule has 0 radical (unpaired) electrons. The standard InChI is InChI=1S/C14H25NO2/c1-12-7-3-6-10-15(12)11-14(13(16)17)8-4-2-5-9-14/h12H,2-11H2,1H3,(H,16,17). The molecule has 1 N–H and O–H groups in total. The molecule has 0 aromatic carbocycles. The maximum absolute atomic E-state index is 11.6. The summed E-state index contributed by atoms with van der Waals surface area (Å²) in [6, 6.07) is 0.571. The molecule has 0 aromatic heterocycles. The number of likely N-dealkylation sites (tertiary alicyclic amines) is 1. The first-order valence-electron chi connectivity index (χ1n) is 7.11. The molecule has 1 aliphatic carbocycles. The Morgan fingerprint density at radius 2 is 1.94 bits per heavy atom. The van der Waals surface area contributed by atoms with Gasteiger partial charge in [0.1, 0.15) is 0 Å². The van der Waals surface area contributed by atoms with Gasteiger partial charge in [0.2, 0.25) is 0 Å².